The molecule has 0 aliphatic rings. The van der Waals surface area contributed by atoms with Gasteiger partial charge in [0.05, 0.1) is 6.54 Å². The Labute approximate surface area is 112 Å². The third-order valence-electron chi connectivity index (χ3n) is 2.89. The molecule has 4 nitrogen and oxygen atoms in total. The first-order chi connectivity index (χ1) is 9.06. The van der Waals surface area contributed by atoms with Crippen LogP contribution in [0.25, 0.3) is 0 Å². The van der Waals surface area contributed by atoms with Gasteiger partial charge in [0.2, 0.25) is 5.76 Å². The molecular weight excluding hydrogens is 242 g/mol. The number of hydrogen-bond acceptors (Lipinski definition) is 3. The van der Waals surface area contributed by atoms with Gasteiger partial charge in [-0.3, -0.25) is 0 Å². The fraction of sp³-hybridized carbons (Fsp3) is 0.267. The number of carbonyl (C=O) groups is 1. The summed E-state index contributed by atoms with van der Waals surface area (Å²) in [7, 11) is 0. The number of hydrogen-bond donors (Lipinski definition) is 2. The number of carboxylic acids is 1. The fourth-order valence-corrected chi connectivity index (χ4v) is 1.78. The normalized spacial score (nSPS) is 10.7. The van der Waals surface area contributed by atoms with Crippen molar-refractivity contribution in [1.82, 2.24) is 0 Å². The summed E-state index contributed by atoms with van der Waals surface area (Å²) in [5, 5.41) is 12.0. The minimum Gasteiger partial charge on any atom is -0.475 e. The lowest BCUT2D eigenvalue weighted by Crippen LogP contribution is -1.99. The largest absolute Gasteiger partial charge is 0.475 e. The Morgan fingerprint density at radius 3 is 2.74 bits per heavy atom. The third-order valence-corrected chi connectivity index (χ3v) is 2.89. The van der Waals surface area contributed by atoms with E-state index in [0.717, 1.165) is 5.69 Å². The molecular formula is C15H17NO3. The summed E-state index contributed by atoms with van der Waals surface area (Å²) < 4.78 is 5.18. The second-order valence-corrected chi connectivity index (χ2v) is 4.70. The first kappa shape index (κ1) is 13.2. The number of furan rings is 1. The van der Waals surface area contributed by atoms with E-state index in [1.165, 1.54) is 11.6 Å². The molecule has 1 heterocycles. The van der Waals surface area contributed by atoms with Crippen LogP contribution in [0, 0.1) is 0 Å². The summed E-state index contributed by atoms with van der Waals surface area (Å²) in [5.41, 5.74) is 2.26. The van der Waals surface area contributed by atoms with E-state index in [9.17, 15) is 4.79 Å². The smallest absolute Gasteiger partial charge is 0.371 e. The van der Waals surface area contributed by atoms with Crippen LogP contribution < -0.4 is 5.32 Å². The number of carboxylic acid groups (broad SMARTS) is 1. The molecule has 1 aromatic carbocycles. The van der Waals surface area contributed by atoms with Gasteiger partial charge in [-0.15, -0.1) is 0 Å². The molecule has 0 aliphatic heterocycles. The van der Waals surface area contributed by atoms with Crippen molar-refractivity contribution in [3.8, 4) is 0 Å². The molecule has 0 amide bonds. The van der Waals surface area contributed by atoms with E-state index in [0.29, 0.717) is 18.2 Å². The molecule has 100 valence electrons. The maximum atomic E-state index is 10.7. The predicted octanol–water partition coefficient (Wildman–Crippen LogP) is 3.71. The Balaban J connectivity index is 2.01. The number of benzene rings is 1. The maximum absolute atomic E-state index is 10.7. The Morgan fingerprint density at radius 2 is 2.11 bits per heavy atom. The van der Waals surface area contributed by atoms with Crippen LogP contribution in [0.3, 0.4) is 0 Å². The minimum atomic E-state index is -1.05. The third kappa shape index (κ3) is 3.37. The van der Waals surface area contributed by atoms with Crippen LogP contribution in [0.15, 0.2) is 40.8 Å². The van der Waals surface area contributed by atoms with Gasteiger partial charge in [-0.1, -0.05) is 26.0 Å². The number of aromatic carboxylic acids is 1. The summed E-state index contributed by atoms with van der Waals surface area (Å²) in [6.45, 7) is 4.75. The fourth-order valence-electron chi connectivity index (χ4n) is 1.78. The first-order valence-corrected chi connectivity index (χ1v) is 6.22. The first-order valence-electron chi connectivity index (χ1n) is 6.22. The summed E-state index contributed by atoms with van der Waals surface area (Å²) >= 11 is 0. The van der Waals surface area contributed by atoms with E-state index in [1.807, 2.05) is 12.1 Å². The molecule has 2 rings (SSSR count). The van der Waals surface area contributed by atoms with Crippen LogP contribution in [-0.2, 0) is 6.54 Å². The molecule has 0 fully saturated rings. The van der Waals surface area contributed by atoms with Crippen molar-refractivity contribution in [1.29, 1.82) is 0 Å². The minimum absolute atomic E-state index is 0.0345. The van der Waals surface area contributed by atoms with Crippen molar-refractivity contribution in [2.75, 3.05) is 5.32 Å². The van der Waals surface area contributed by atoms with Gasteiger partial charge in [-0.2, -0.15) is 0 Å². The maximum Gasteiger partial charge on any atom is 0.371 e. The van der Waals surface area contributed by atoms with Gasteiger partial charge in [0.25, 0.3) is 0 Å². The Hall–Kier alpha value is -2.23. The quantitative estimate of drug-likeness (QED) is 0.859. The average molecular weight is 259 g/mol. The highest BCUT2D eigenvalue weighted by molar-refractivity contribution is 5.84. The lowest BCUT2D eigenvalue weighted by atomic mass is 10.0. The summed E-state index contributed by atoms with van der Waals surface area (Å²) in [4.78, 5) is 10.7. The van der Waals surface area contributed by atoms with Gasteiger partial charge in [0, 0.05) is 5.69 Å². The molecule has 2 aromatic rings. The van der Waals surface area contributed by atoms with Gasteiger partial charge in [-0.25, -0.2) is 4.79 Å². The average Bonchev–Trinajstić information content (AvgIpc) is 2.85. The zero-order valence-corrected chi connectivity index (χ0v) is 11.0. The molecule has 0 bridgehead atoms. The molecule has 1 aromatic heterocycles. The highest BCUT2D eigenvalue weighted by Gasteiger charge is 2.08. The highest BCUT2D eigenvalue weighted by atomic mass is 16.4. The van der Waals surface area contributed by atoms with Gasteiger partial charge in [0.15, 0.2) is 0 Å². The molecule has 0 saturated heterocycles. The van der Waals surface area contributed by atoms with E-state index in [4.69, 9.17) is 9.52 Å². The molecule has 0 saturated carbocycles. The number of rotatable bonds is 5. The topological polar surface area (TPSA) is 62.5 Å². The van der Waals surface area contributed by atoms with Gasteiger partial charge in [-0.05, 0) is 35.7 Å². The highest BCUT2D eigenvalue weighted by Crippen LogP contribution is 2.19. The summed E-state index contributed by atoms with van der Waals surface area (Å²) in [6, 6.07) is 11.3. The summed E-state index contributed by atoms with van der Waals surface area (Å²) in [6.07, 6.45) is 0. The molecule has 0 unspecified atom stereocenters. The van der Waals surface area contributed by atoms with Crippen molar-refractivity contribution in [3.63, 3.8) is 0 Å². The second kappa shape index (κ2) is 5.61. The zero-order chi connectivity index (χ0) is 13.8. The van der Waals surface area contributed by atoms with Crippen molar-refractivity contribution < 1.29 is 14.3 Å². The van der Waals surface area contributed by atoms with Crippen molar-refractivity contribution in [2.24, 2.45) is 0 Å². The van der Waals surface area contributed by atoms with Crippen LogP contribution in [0.1, 0.15) is 41.6 Å². The zero-order valence-electron chi connectivity index (χ0n) is 11.0. The van der Waals surface area contributed by atoms with Crippen molar-refractivity contribution >= 4 is 11.7 Å². The molecule has 0 aliphatic carbocycles. The Kier molecular flexibility index (Phi) is 3.90. The molecule has 4 heteroatoms. The van der Waals surface area contributed by atoms with E-state index >= 15 is 0 Å². The van der Waals surface area contributed by atoms with E-state index in [2.05, 4.69) is 31.3 Å². The SMILES string of the molecule is CC(C)c1cccc(NCc2ccc(C(=O)O)o2)c1. The van der Waals surface area contributed by atoms with E-state index in [-0.39, 0.29) is 5.76 Å². The standard InChI is InChI=1S/C15H17NO3/c1-10(2)11-4-3-5-12(8-11)16-9-13-6-7-14(19-13)15(17)18/h3-8,10,16H,9H2,1-2H3,(H,17,18). The van der Waals surface area contributed by atoms with Crippen molar-refractivity contribution in [3.05, 3.63) is 53.5 Å². The van der Waals surface area contributed by atoms with Crippen LogP contribution in [0.4, 0.5) is 5.69 Å². The Morgan fingerprint density at radius 1 is 1.32 bits per heavy atom. The lowest BCUT2D eigenvalue weighted by Gasteiger charge is -2.09. The van der Waals surface area contributed by atoms with E-state index < -0.39 is 5.97 Å². The van der Waals surface area contributed by atoms with Crippen molar-refractivity contribution in [2.45, 2.75) is 26.3 Å². The number of nitrogens with one attached hydrogen (secondary N) is 1. The molecule has 0 atom stereocenters. The Bertz CT molecular complexity index is 572. The molecule has 19 heavy (non-hydrogen) atoms. The van der Waals surface area contributed by atoms with Crippen LogP contribution in [-0.4, -0.2) is 11.1 Å². The van der Waals surface area contributed by atoms with Crippen LogP contribution in [0.2, 0.25) is 0 Å². The van der Waals surface area contributed by atoms with Gasteiger partial charge in [0.1, 0.15) is 5.76 Å². The van der Waals surface area contributed by atoms with Gasteiger partial charge < -0.3 is 14.8 Å². The van der Waals surface area contributed by atoms with Crippen LogP contribution in [0.5, 0.6) is 0 Å². The molecule has 2 N–H and O–H groups in total. The lowest BCUT2D eigenvalue weighted by molar-refractivity contribution is 0.0660. The van der Waals surface area contributed by atoms with Crippen LogP contribution >= 0.6 is 0 Å². The second-order valence-electron chi connectivity index (χ2n) is 4.70. The number of anilines is 1. The molecule has 0 radical (unpaired) electrons. The molecule has 0 spiro atoms. The van der Waals surface area contributed by atoms with E-state index in [1.54, 1.807) is 6.07 Å². The van der Waals surface area contributed by atoms with Gasteiger partial charge >= 0.3 is 5.97 Å². The summed E-state index contributed by atoms with van der Waals surface area (Å²) in [5.74, 6) is -0.00267. The predicted molar refractivity (Wildman–Crippen MR) is 73.5 cm³/mol. The monoisotopic (exact) mass is 259 g/mol.